The van der Waals surface area contributed by atoms with Crippen molar-refractivity contribution < 1.29 is 0 Å². The van der Waals surface area contributed by atoms with Crippen LogP contribution in [0.2, 0.25) is 0 Å². The molecular formula is C17H26IN3. The van der Waals surface area contributed by atoms with Crippen molar-refractivity contribution in [3.05, 3.63) is 41.5 Å². The Balaban J connectivity index is 0.00000220. The Labute approximate surface area is 145 Å². The molecule has 0 saturated carbocycles. The fraction of sp³-hybridized carbons (Fsp3) is 0.471. The molecule has 21 heavy (non-hydrogen) atoms. The smallest absolute Gasteiger partial charge is 0.193 e. The van der Waals surface area contributed by atoms with Gasteiger partial charge in [0.1, 0.15) is 0 Å². The Morgan fingerprint density at radius 2 is 1.86 bits per heavy atom. The fourth-order valence-electron chi connectivity index (χ4n) is 2.51. The van der Waals surface area contributed by atoms with E-state index in [1.165, 1.54) is 5.56 Å². The molecule has 1 saturated heterocycles. The van der Waals surface area contributed by atoms with Crippen LogP contribution in [-0.2, 0) is 0 Å². The van der Waals surface area contributed by atoms with Crippen molar-refractivity contribution in [2.24, 2.45) is 4.99 Å². The van der Waals surface area contributed by atoms with Gasteiger partial charge in [-0.05, 0) is 32.3 Å². The van der Waals surface area contributed by atoms with E-state index in [2.05, 4.69) is 65.5 Å². The maximum atomic E-state index is 4.56. The van der Waals surface area contributed by atoms with Crippen LogP contribution in [0.3, 0.4) is 0 Å². The summed E-state index contributed by atoms with van der Waals surface area (Å²) in [7, 11) is 0. The third kappa shape index (κ3) is 5.69. The van der Waals surface area contributed by atoms with E-state index in [-0.39, 0.29) is 24.0 Å². The van der Waals surface area contributed by atoms with Gasteiger partial charge in [-0.3, -0.25) is 4.99 Å². The predicted molar refractivity (Wildman–Crippen MR) is 102 cm³/mol. The van der Waals surface area contributed by atoms with Gasteiger partial charge >= 0.3 is 0 Å². The van der Waals surface area contributed by atoms with Gasteiger partial charge in [0.25, 0.3) is 0 Å². The Morgan fingerprint density at radius 1 is 1.19 bits per heavy atom. The minimum absolute atomic E-state index is 0. The van der Waals surface area contributed by atoms with E-state index < -0.39 is 0 Å². The molecule has 0 radical (unpaired) electrons. The maximum Gasteiger partial charge on any atom is 0.193 e. The highest BCUT2D eigenvalue weighted by Crippen LogP contribution is 2.19. The first-order chi connectivity index (χ1) is 9.83. The lowest BCUT2D eigenvalue weighted by Crippen LogP contribution is -2.44. The first-order valence-electron chi connectivity index (χ1n) is 7.61. The molecule has 4 heteroatoms. The molecule has 0 unspecified atom stereocenters. The molecule has 1 fully saturated rings. The van der Waals surface area contributed by atoms with E-state index >= 15 is 0 Å². The van der Waals surface area contributed by atoms with E-state index in [0.29, 0.717) is 0 Å². The predicted octanol–water partition coefficient (Wildman–Crippen LogP) is 3.77. The summed E-state index contributed by atoms with van der Waals surface area (Å²) in [6.07, 6.45) is 4.59. The number of aliphatic imine (C=N–C) groups is 1. The normalized spacial score (nSPS) is 15.4. The van der Waals surface area contributed by atoms with E-state index in [9.17, 15) is 0 Å². The van der Waals surface area contributed by atoms with Gasteiger partial charge in [-0.1, -0.05) is 42.0 Å². The molecule has 1 aliphatic rings. The van der Waals surface area contributed by atoms with Crippen molar-refractivity contribution in [2.45, 2.75) is 26.7 Å². The molecule has 1 N–H and O–H groups in total. The van der Waals surface area contributed by atoms with Crippen LogP contribution in [0.5, 0.6) is 0 Å². The number of benzene rings is 1. The largest absolute Gasteiger partial charge is 0.357 e. The number of guanidine groups is 1. The monoisotopic (exact) mass is 399 g/mol. The molecule has 0 atom stereocenters. The molecule has 1 aromatic rings. The van der Waals surface area contributed by atoms with Crippen molar-refractivity contribution in [3.8, 4) is 0 Å². The lowest BCUT2D eigenvalue weighted by atomic mass is 10.0. The van der Waals surface area contributed by atoms with E-state index in [4.69, 9.17) is 0 Å². The Kier molecular flexibility index (Phi) is 8.42. The third-order valence-corrected chi connectivity index (χ3v) is 3.52. The number of likely N-dealkylation sites (tertiary alicyclic amines) is 1. The molecule has 0 amide bonds. The van der Waals surface area contributed by atoms with Crippen molar-refractivity contribution in [1.29, 1.82) is 0 Å². The van der Waals surface area contributed by atoms with Gasteiger partial charge in [-0.2, -0.15) is 0 Å². The van der Waals surface area contributed by atoms with Crippen molar-refractivity contribution in [1.82, 2.24) is 10.2 Å². The van der Waals surface area contributed by atoms with Gasteiger partial charge in [-0.15, -0.1) is 24.0 Å². The lowest BCUT2D eigenvalue weighted by molar-refractivity contribution is 0.376. The molecule has 1 aromatic carbocycles. The van der Waals surface area contributed by atoms with Crippen LogP contribution in [0.15, 0.2) is 40.9 Å². The first-order valence-corrected chi connectivity index (χ1v) is 7.61. The van der Waals surface area contributed by atoms with E-state index in [1.54, 1.807) is 5.57 Å². The average Bonchev–Trinajstić information content (AvgIpc) is 2.49. The van der Waals surface area contributed by atoms with Crippen LogP contribution >= 0.6 is 24.0 Å². The van der Waals surface area contributed by atoms with Crippen molar-refractivity contribution >= 4 is 36.0 Å². The van der Waals surface area contributed by atoms with Crippen LogP contribution in [0.1, 0.15) is 32.3 Å². The first kappa shape index (κ1) is 18.0. The maximum absolute atomic E-state index is 4.56. The highest BCUT2D eigenvalue weighted by molar-refractivity contribution is 14.0. The number of nitrogens with zero attached hydrogens (tertiary/aromatic N) is 2. The molecule has 1 heterocycles. The van der Waals surface area contributed by atoms with Crippen LogP contribution in [0, 0.1) is 0 Å². The molecule has 0 bridgehead atoms. The van der Waals surface area contributed by atoms with Crippen LogP contribution < -0.4 is 5.32 Å². The summed E-state index contributed by atoms with van der Waals surface area (Å²) in [5, 5.41) is 3.37. The molecular weight excluding hydrogens is 373 g/mol. The minimum atomic E-state index is 0. The molecule has 1 aliphatic heterocycles. The second-order valence-electron chi connectivity index (χ2n) is 5.03. The summed E-state index contributed by atoms with van der Waals surface area (Å²) in [4.78, 5) is 6.93. The summed E-state index contributed by atoms with van der Waals surface area (Å²) >= 11 is 0. The van der Waals surface area contributed by atoms with E-state index in [1.807, 2.05) is 0 Å². The number of hydrogen-bond acceptors (Lipinski definition) is 1. The number of piperidine rings is 1. The number of nitrogens with one attached hydrogen (secondary N) is 1. The van der Waals surface area contributed by atoms with Crippen LogP contribution in [0.25, 0.3) is 6.08 Å². The average molecular weight is 399 g/mol. The SMILES string of the molecule is CCN=C(NCC)N1CCC(=Cc2ccccc2)CC1.I. The quantitative estimate of drug-likeness (QED) is 0.476. The van der Waals surface area contributed by atoms with Gasteiger partial charge in [0, 0.05) is 26.2 Å². The fourth-order valence-corrected chi connectivity index (χ4v) is 2.51. The van der Waals surface area contributed by atoms with Gasteiger partial charge in [0.05, 0.1) is 0 Å². The Hall–Kier alpha value is -1.04. The standard InChI is InChI=1S/C17H25N3.HI/c1-3-18-17(19-4-2)20-12-10-16(11-13-20)14-15-8-6-5-7-9-15;/h5-9,14H,3-4,10-13H2,1-2H3,(H,18,19);1H. The van der Waals surface area contributed by atoms with E-state index in [0.717, 1.165) is 45.0 Å². The number of hydrogen-bond donors (Lipinski definition) is 1. The zero-order valence-electron chi connectivity index (χ0n) is 13.0. The lowest BCUT2D eigenvalue weighted by Gasteiger charge is -2.31. The zero-order valence-corrected chi connectivity index (χ0v) is 15.3. The van der Waals surface area contributed by atoms with Crippen molar-refractivity contribution in [2.75, 3.05) is 26.2 Å². The highest BCUT2D eigenvalue weighted by Gasteiger charge is 2.16. The number of rotatable bonds is 3. The van der Waals surface area contributed by atoms with Crippen molar-refractivity contribution in [3.63, 3.8) is 0 Å². The second kappa shape index (κ2) is 9.82. The summed E-state index contributed by atoms with van der Waals surface area (Å²) in [6, 6.07) is 10.6. The minimum Gasteiger partial charge on any atom is -0.357 e. The van der Waals surface area contributed by atoms with Crippen LogP contribution in [0.4, 0.5) is 0 Å². The van der Waals surface area contributed by atoms with Gasteiger partial charge < -0.3 is 10.2 Å². The van der Waals surface area contributed by atoms with Gasteiger partial charge in [0.15, 0.2) is 5.96 Å². The molecule has 2 rings (SSSR count). The summed E-state index contributed by atoms with van der Waals surface area (Å²) in [5.41, 5.74) is 2.85. The van der Waals surface area contributed by atoms with Gasteiger partial charge in [-0.25, -0.2) is 0 Å². The third-order valence-electron chi connectivity index (χ3n) is 3.52. The molecule has 3 nitrogen and oxygen atoms in total. The summed E-state index contributed by atoms with van der Waals surface area (Å²) in [6.45, 7) is 8.10. The second-order valence-corrected chi connectivity index (χ2v) is 5.03. The molecule has 0 aliphatic carbocycles. The summed E-state index contributed by atoms with van der Waals surface area (Å²) in [5.74, 6) is 1.06. The topological polar surface area (TPSA) is 27.6 Å². The van der Waals surface area contributed by atoms with Crippen LogP contribution in [-0.4, -0.2) is 37.0 Å². The molecule has 0 spiro atoms. The summed E-state index contributed by atoms with van der Waals surface area (Å²) < 4.78 is 0. The zero-order chi connectivity index (χ0) is 14.2. The molecule has 0 aromatic heterocycles. The Bertz CT molecular complexity index is 458. The highest BCUT2D eigenvalue weighted by atomic mass is 127. The number of halogens is 1. The Morgan fingerprint density at radius 3 is 2.43 bits per heavy atom. The van der Waals surface area contributed by atoms with Gasteiger partial charge in [0.2, 0.25) is 0 Å². The molecule has 116 valence electrons.